The van der Waals surface area contributed by atoms with Gasteiger partial charge >= 0.3 is 0 Å². The predicted octanol–water partition coefficient (Wildman–Crippen LogP) is 3.83. The average molecular weight is 398 g/mol. The third kappa shape index (κ3) is 3.82. The van der Waals surface area contributed by atoms with Crippen LogP contribution in [0.15, 0.2) is 78.9 Å². The van der Waals surface area contributed by atoms with Crippen LogP contribution in [0.5, 0.6) is 5.75 Å². The van der Waals surface area contributed by atoms with Crippen molar-refractivity contribution in [2.75, 3.05) is 7.11 Å². The fourth-order valence-electron chi connectivity index (χ4n) is 3.75. The molecule has 0 spiro atoms. The van der Waals surface area contributed by atoms with Crippen molar-refractivity contribution in [2.24, 2.45) is 5.73 Å². The van der Waals surface area contributed by atoms with Crippen LogP contribution in [0.4, 0.5) is 0 Å². The van der Waals surface area contributed by atoms with Gasteiger partial charge < -0.3 is 15.8 Å². The van der Waals surface area contributed by atoms with E-state index in [1.165, 1.54) is 0 Å². The van der Waals surface area contributed by atoms with Gasteiger partial charge in [-0.15, -0.1) is 0 Å². The molecule has 2 amide bonds. The summed E-state index contributed by atoms with van der Waals surface area (Å²) >= 11 is 0. The Bertz CT molecular complexity index is 1200. The lowest BCUT2D eigenvalue weighted by molar-refractivity contribution is -0.119. The van der Waals surface area contributed by atoms with Gasteiger partial charge in [-0.25, -0.2) is 0 Å². The number of hydrogen-bond acceptors (Lipinski definition) is 3. The van der Waals surface area contributed by atoms with Crippen LogP contribution < -0.4 is 15.8 Å². The predicted molar refractivity (Wildman–Crippen MR) is 119 cm³/mol. The molecule has 0 heterocycles. The van der Waals surface area contributed by atoms with E-state index >= 15 is 0 Å². The van der Waals surface area contributed by atoms with Crippen LogP contribution >= 0.6 is 0 Å². The number of carbonyl (C=O) groups excluding carboxylic acids is 2. The highest BCUT2D eigenvalue weighted by Gasteiger charge is 2.22. The SMILES string of the molecule is COc1cccc(C[C@H](NC(=O)c2c3ccccc3cc3ccccc23)C(N)=O)c1. The molecular weight excluding hydrogens is 376 g/mol. The van der Waals surface area contributed by atoms with Crippen LogP contribution in [0, 0.1) is 0 Å². The Morgan fingerprint density at radius 2 is 1.53 bits per heavy atom. The van der Waals surface area contributed by atoms with Gasteiger partial charge in [0.2, 0.25) is 5.91 Å². The van der Waals surface area contributed by atoms with Gasteiger partial charge in [0.1, 0.15) is 11.8 Å². The molecule has 5 heteroatoms. The van der Waals surface area contributed by atoms with E-state index in [-0.39, 0.29) is 12.3 Å². The van der Waals surface area contributed by atoms with Gasteiger partial charge in [-0.2, -0.15) is 0 Å². The molecule has 30 heavy (non-hydrogen) atoms. The van der Waals surface area contributed by atoms with Crippen molar-refractivity contribution >= 4 is 33.4 Å². The van der Waals surface area contributed by atoms with Crippen molar-refractivity contribution in [3.63, 3.8) is 0 Å². The summed E-state index contributed by atoms with van der Waals surface area (Å²) in [5.41, 5.74) is 7.01. The van der Waals surface area contributed by atoms with Crippen molar-refractivity contribution in [3.05, 3.63) is 90.0 Å². The van der Waals surface area contributed by atoms with E-state index in [2.05, 4.69) is 11.4 Å². The lowest BCUT2D eigenvalue weighted by Crippen LogP contribution is -2.46. The van der Waals surface area contributed by atoms with E-state index < -0.39 is 11.9 Å². The molecule has 3 N–H and O–H groups in total. The van der Waals surface area contributed by atoms with Gasteiger partial charge in [0.05, 0.1) is 12.7 Å². The molecule has 0 aliphatic rings. The molecule has 150 valence electrons. The largest absolute Gasteiger partial charge is 0.497 e. The number of methoxy groups -OCH3 is 1. The molecule has 5 nitrogen and oxygen atoms in total. The molecule has 4 aromatic rings. The number of primary amides is 1. The highest BCUT2D eigenvalue weighted by Crippen LogP contribution is 2.28. The van der Waals surface area contributed by atoms with E-state index in [1.807, 2.05) is 72.8 Å². The van der Waals surface area contributed by atoms with Crippen LogP contribution in [-0.2, 0) is 11.2 Å². The summed E-state index contributed by atoms with van der Waals surface area (Å²) in [7, 11) is 1.58. The Labute approximate surface area is 174 Å². The molecule has 1 atom stereocenters. The topological polar surface area (TPSA) is 81.4 Å². The minimum atomic E-state index is -0.845. The van der Waals surface area contributed by atoms with Crippen molar-refractivity contribution in [1.82, 2.24) is 5.32 Å². The Morgan fingerprint density at radius 3 is 2.13 bits per heavy atom. The maximum atomic E-state index is 13.4. The normalized spacial score (nSPS) is 11.9. The molecule has 4 rings (SSSR count). The first-order chi connectivity index (χ1) is 14.6. The van der Waals surface area contributed by atoms with Crippen LogP contribution in [0.3, 0.4) is 0 Å². The molecule has 0 saturated carbocycles. The number of amides is 2. The monoisotopic (exact) mass is 398 g/mol. The van der Waals surface area contributed by atoms with Crippen molar-refractivity contribution in [1.29, 1.82) is 0 Å². The first-order valence-electron chi connectivity index (χ1n) is 9.70. The number of benzene rings is 4. The van der Waals surface area contributed by atoms with E-state index in [0.717, 1.165) is 27.1 Å². The van der Waals surface area contributed by atoms with E-state index in [4.69, 9.17) is 10.5 Å². The van der Waals surface area contributed by atoms with Gasteiger partial charge in [0.25, 0.3) is 5.91 Å². The van der Waals surface area contributed by atoms with Crippen LogP contribution in [0.2, 0.25) is 0 Å². The van der Waals surface area contributed by atoms with E-state index in [0.29, 0.717) is 11.3 Å². The maximum Gasteiger partial charge on any atom is 0.253 e. The Kier molecular flexibility index (Phi) is 5.35. The molecule has 0 aromatic heterocycles. The number of nitrogens with two attached hydrogens (primary N) is 1. The highest BCUT2D eigenvalue weighted by molar-refractivity contribution is 6.18. The van der Waals surface area contributed by atoms with Gasteiger partial charge in [-0.3, -0.25) is 9.59 Å². The molecular formula is C25H22N2O3. The number of fused-ring (bicyclic) bond motifs is 2. The Balaban J connectivity index is 1.72. The van der Waals surface area contributed by atoms with Crippen molar-refractivity contribution in [2.45, 2.75) is 12.5 Å². The third-order valence-corrected chi connectivity index (χ3v) is 5.22. The quantitative estimate of drug-likeness (QED) is 0.485. The third-order valence-electron chi connectivity index (χ3n) is 5.22. The molecule has 4 aromatic carbocycles. The second-order valence-corrected chi connectivity index (χ2v) is 7.18. The number of carbonyl (C=O) groups is 2. The van der Waals surface area contributed by atoms with E-state index in [1.54, 1.807) is 7.11 Å². The first-order valence-corrected chi connectivity index (χ1v) is 9.70. The summed E-state index contributed by atoms with van der Waals surface area (Å²) in [5, 5.41) is 6.44. The average Bonchev–Trinajstić information content (AvgIpc) is 2.76. The fourth-order valence-corrected chi connectivity index (χ4v) is 3.75. The first kappa shape index (κ1) is 19.5. The molecule has 0 unspecified atom stereocenters. The van der Waals surface area contributed by atoms with Gasteiger partial charge in [0.15, 0.2) is 0 Å². The van der Waals surface area contributed by atoms with Gasteiger partial charge in [-0.05, 0) is 45.3 Å². The van der Waals surface area contributed by atoms with Gasteiger partial charge in [0, 0.05) is 6.42 Å². The molecule has 0 fully saturated rings. The van der Waals surface area contributed by atoms with Crippen LogP contribution in [0.25, 0.3) is 21.5 Å². The molecule has 0 aliphatic heterocycles. The fraction of sp³-hybridized carbons (Fsp3) is 0.120. The molecule has 0 saturated heterocycles. The highest BCUT2D eigenvalue weighted by atomic mass is 16.5. The second kappa shape index (κ2) is 8.25. The zero-order chi connectivity index (χ0) is 21.1. The van der Waals surface area contributed by atoms with Gasteiger partial charge in [-0.1, -0.05) is 60.7 Å². The lowest BCUT2D eigenvalue weighted by atomic mass is 9.95. The minimum absolute atomic E-state index is 0.279. The maximum absolute atomic E-state index is 13.4. The zero-order valence-electron chi connectivity index (χ0n) is 16.6. The molecule has 0 bridgehead atoms. The minimum Gasteiger partial charge on any atom is -0.497 e. The summed E-state index contributed by atoms with van der Waals surface area (Å²) in [5.74, 6) is -0.229. The number of rotatable bonds is 6. The number of nitrogens with one attached hydrogen (secondary N) is 1. The number of ether oxygens (including phenoxy) is 1. The summed E-state index contributed by atoms with van der Waals surface area (Å²) in [6.07, 6.45) is 0.279. The van der Waals surface area contributed by atoms with Crippen LogP contribution in [0.1, 0.15) is 15.9 Å². The van der Waals surface area contributed by atoms with Crippen molar-refractivity contribution < 1.29 is 14.3 Å². The summed E-state index contributed by atoms with van der Waals surface area (Å²) in [4.78, 5) is 25.5. The molecule has 0 aliphatic carbocycles. The second-order valence-electron chi connectivity index (χ2n) is 7.18. The summed E-state index contributed by atoms with van der Waals surface area (Å²) in [6.45, 7) is 0. The number of hydrogen-bond donors (Lipinski definition) is 2. The summed E-state index contributed by atoms with van der Waals surface area (Å²) < 4.78 is 5.24. The Hall–Kier alpha value is -3.86. The Morgan fingerprint density at radius 1 is 0.900 bits per heavy atom. The lowest BCUT2D eigenvalue weighted by Gasteiger charge is -2.18. The standard InChI is InChI=1S/C25H22N2O3/c1-30-19-10-6-7-16(13-19)14-22(24(26)28)27-25(29)23-20-11-4-2-8-17(20)15-18-9-3-5-12-21(18)23/h2-13,15,22H,14H2,1H3,(H2,26,28)(H,27,29)/t22-/m0/s1. The zero-order valence-corrected chi connectivity index (χ0v) is 16.6. The van der Waals surface area contributed by atoms with Crippen LogP contribution in [-0.4, -0.2) is 25.0 Å². The summed E-state index contributed by atoms with van der Waals surface area (Å²) in [6, 6.07) is 24.0. The van der Waals surface area contributed by atoms with Crippen molar-refractivity contribution in [3.8, 4) is 5.75 Å². The van der Waals surface area contributed by atoms with E-state index in [9.17, 15) is 9.59 Å². The molecule has 0 radical (unpaired) electrons. The smallest absolute Gasteiger partial charge is 0.253 e.